The number of carboxylic acid groups (broad SMARTS) is 1. The summed E-state index contributed by atoms with van der Waals surface area (Å²) in [5.74, 6) is -0.718. The Morgan fingerprint density at radius 1 is 1.69 bits per heavy atom. The van der Waals surface area contributed by atoms with Gasteiger partial charge in [0.1, 0.15) is 0 Å². The molecule has 0 amide bonds. The van der Waals surface area contributed by atoms with Gasteiger partial charge in [-0.25, -0.2) is 4.79 Å². The molecule has 16 heavy (non-hydrogen) atoms. The van der Waals surface area contributed by atoms with Crippen LogP contribution in [0.1, 0.15) is 13.3 Å². The zero-order valence-electron chi connectivity index (χ0n) is 9.27. The molecule has 0 aromatic carbocycles. The lowest BCUT2D eigenvalue weighted by molar-refractivity contribution is -0.132. The number of fused-ring (bicyclic) bond motifs is 1. The van der Waals surface area contributed by atoms with E-state index in [0.29, 0.717) is 12.3 Å². The van der Waals surface area contributed by atoms with E-state index < -0.39 is 5.97 Å². The van der Waals surface area contributed by atoms with E-state index in [-0.39, 0.29) is 17.6 Å². The van der Waals surface area contributed by atoms with Crippen molar-refractivity contribution in [3.05, 3.63) is 23.8 Å². The molecule has 0 radical (unpaired) electrons. The Hall–Kier alpha value is -1.42. The third kappa shape index (κ3) is 1.69. The molecule has 2 aliphatic heterocycles. The summed E-state index contributed by atoms with van der Waals surface area (Å²) in [7, 11) is 0. The molecule has 2 atom stereocenters. The maximum absolute atomic E-state index is 10.9. The van der Waals surface area contributed by atoms with Gasteiger partial charge in [-0.05, 0) is 18.9 Å². The normalized spacial score (nSPS) is 31.1. The monoisotopic (exact) mass is 221 g/mol. The number of aliphatic carboxylic acids is 1. The van der Waals surface area contributed by atoms with Gasteiger partial charge in [-0.1, -0.05) is 12.7 Å². The van der Waals surface area contributed by atoms with Gasteiger partial charge in [0, 0.05) is 12.5 Å². The minimum atomic E-state index is -1.00. The number of hydrogen-bond donors (Lipinski definition) is 1. The molecule has 86 valence electrons. The summed E-state index contributed by atoms with van der Waals surface area (Å²) in [5, 5.41) is 8.95. The van der Waals surface area contributed by atoms with E-state index in [1.165, 1.54) is 0 Å². The molecule has 0 bridgehead atoms. The van der Waals surface area contributed by atoms with Gasteiger partial charge in [0.05, 0.1) is 23.9 Å². The molecule has 4 nitrogen and oxygen atoms in total. The number of hydrogen-bond acceptors (Lipinski definition) is 3. The van der Waals surface area contributed by atoms with Crippen LogP contribution in [0.15, 0.2) is 28.8 Å². The number of aliphatic imine (C=N–C) groups is 1. The molecule has 0 spiro atoms. The van der Waals surface area contributed by atoms with Crippen molar-refractivity contribution in [1.82, 2.24) is 0 Å². The van der Waals surface area contributed by atoms with Crippen molar-refractivity contribution in [3.63, 3.8) is 0 Å². The molecule has 4 heteroatoms. The van der Waals surface area contributed by atoms with Gasteiger partial charge in [0.25, 0.3) is 0 Å². The van der Waals surface area contributed by atoms with Gasteiger partial charge in [-0.2, -0.15) is 0 Å². The van der Waals surface area contributed by atoms with Crippen LogP contribution in [0.4, 0.5) is 0 Å². The summed E-state index contributed by atoms with van der Waals surface area (Å²) in [6, 6.07) is 0. The molecule has 1 N–H and O–H groups in total. The van der Waals surface area contributed by atoms with E-state index in [2.05, 4.69) is 11.6 Å². The Balaban J connectivity index is 2.32. The molecule has 2 unspecified atom stereocenters. The molecule has 0 aliphatic carbocycles. The highest BCUT2D eigenvalue weighted by Crippen LogP contribution is 2.33. The minimum absolute atomic E-state index is 0.0819. The summed E-state index contributed by atoms with van der Waals surface area (Å²) in [6.07, 6.45) is 2.99. The maximum atomic E-state index is 10.9. The molecule has 0 saturated carbocycles. The zero-order chi connectivity index (χ0) is 11.7. The first kappa shape index (κ1) is 11.1. The molecule has 2 aliphatic rings. The molecule has 0 aromatic rings. The highest BCUT2D eigenvalue weighted by Gasteiger charge is 2.37. The maximum Gasteiger partial charge on any atom is 0.337 e. The first-order chi connectivity index (χ1) is 7.65. The van der Waals surface area contributed by atoms with Gasteiger partial charge >= 0.3 is 5.97 Å². The van der Waals surface area contributed by atoms with Crippen LogP contribution >= 0.6 is 0 Å². The van der Waals surface area contributed by atoms with Crippen LogP contribution < -0.4 is 0 Å². The van der Waals surface area contributed by atoms with Crippen molar-refractivity contribution >= 4 is 11.7 Å². The van der Waals surface area contributed by atoms with Gasteiger partial charge in [0.15, 0.2) is 0 Å². The van der Waals surface area contributed by atoms with Crippen LogP contribution in [-0.4, -0.2) is 36.0 Å². The van der Waals surface area contributed by atoms with Crippen molar-refractivity contribution < 1.29 is 14.6 Å². The lowest BCUT2D eigenvalue weighted by atomic mass is 9.84. The van der Waals surface area contributed by atoms with Crippen LogP contribution in [0.5, 0.6) is 0 Å². The van der Waals surface area contributed by atoms with Crippen LogP contribution in [0.2, 0.25) is 0 Å². The van der Waals surface area contributed by atoms with E-state index in [4.69, 9.17) is 9.84 Å². The standard InChI is InChI=1S/C12H15NO3/c1-3-8-9-4-5-16-10(9)6-13-11(8)7(2)12(14)15/h3,9-10H,2,4-6H2,1H3,(H,14,15)/b8-3-. The molecule has 2 rings (SSSR count). The average molecular weight is 221 g/mol. The molecular formula is C12H15NO3. The van der Waals surface area contributed by atoms with Crippen molar-refractivity contribution in [2.75, 3.05) is 13.2 Å². The van der Waals surface area contributed by atoms with Gasteiger partial charge in [-0.3, -0.25) is 4.99 Å². The van der Waals surface area contributed by atoms with Crippen LogP contribution in [-0.2, 0) is 9.53 Å². The zero-order valence-corrected chi connectivity index (χ0v) is 9.27. The quantitative estimate of drug-likeness (QED) is 0.718. The minimum Gasteiger partial charge on any atom is -0.478 e. The van der Waals surface area contributed by atoms with E-state index in [1.807, 2.05) is 13.0 Å². The average Bonchev–Trinajstić information content (AvgIpc) is 2.74. The first-order valence-corrected chi connectivity index (χ1v) is 5.40. The third-order valence-corrected chi connectivity index (χ3v) is 3.17. The summed E-state index contributed by atoms with van der Waals surface area (Å²) < 4.78 is 5.55. The second-order valence-corrected chi connectivity index (χ2v) is 4.02. The van der Waals surface area contributed by atoms with Crippen molar-refractivity contribution in [2.24, 2.45) is 10.9 Å². The highest BCUT2D eigenvalue weighted by molar-refractivity contribution is 6.26. The second-order valence-electron chi connectivity index (χ2n) is 4.02. The molecule has 1 fully saturated rings. The van der Waals surface area contributed by atoms with Crippen LogP contribution in [0, 0.1) is 5.92 Å². The Morgan fingerprint density at radius 2 is 2.44 bits per heavy atom. The van der Waals surface area contributed by atoms with E-state index >= 15 is 0 Å². The number of allylic oxidation sites excluding steroid dienone is 1. The highest BCUT2D eigenvalue weighted by atomic mass is 16.5. The third-order valence-electron chi connectivity index (χ3n) is 3.17. The Morgan fingerprint density at radius 3 is 3.06 bits per heavy atom. The lowest BCUT2D eigenvalue weighted by Gasteiger charge is -2.26. The molecule has 1 saturated heterocycles. The molecule has 2 heterocycles. The number of ether oxygens (including phenoxy) is 1. The number of rotatable bonds is 2. The van der Waals surface area contributed by atoms with Gasteiger partial charge in [-0.15, -0.1) is 0 Å². The summed E-state index contributed by atoms with van der Waals surface area (Å²) in [5.41, 5.74) is 1.60. The van der Waals surface area contributed by atoms with Crippen LogP contribution in [0.3, 0.4) is 0 Å². The fourth-order valence-electron chi connectivity index (χ4n) is 2.35. The van der Waals surface area contributed by atoms with E-state index in [1.54, 1.807) is 0 Å². The van der Waals surface area contributed by atoms with Crippen molar-refractivity contribution in [1.29, 1.82) is 0 Å². The molecular weight excluding hydrogens is 206 g/mol. The summed E-state index contributed by atoms with van der Waals surface area (Å²) >= 11 is 0. The molecule has 0 aromatic heterocycles. The lowest BCUT2D eigenvalue weighted by Crippen LogP contribution is -2.32. The predicted octanol–water partition coefficient (Wildman–Crippen LogP) is 1.43. The summed E-state index contributed by atoms with van der Waals surface area (Å²) in [6.45, 7) is 6.76. The fraction of sp³-hybridized carbons (Fsp3) is 0.500. The first-order valence-electron chi connectivity index (χ1n) is 5.40. The van der Waals surface area contributed by atoms with Gasteiger partial charge < -0.3 is 9.84 Å². The Kier molecular flexibility index (Phi) is 2.92. The Bertz CT molecular complexity index is 395. The predicted molar refractivity (Wildman–Crippen MR) is 60.7 cm³/mol. The second kappa shape index (κ2) is 4.22. The fourth-order valence-corrected chi connectivity index (χ4v) is 2.35. The number of nitrogens with zero attached hydrogens (tertiary/aromatic N) is 1. The number of carbonyl (C=O) groups is 1. The summed E-state index contributed by atoms with van der Waals surface area (Å²) in [4.78, 5) is 15.2. The smallest absolute Gasteiger partial charge is 0.337 e. The largest absolute Gasteiger partial charge is 0.478 e. The topological polar surface area (TPSA) is 58.9 Å². The van der Waals surface area contributed by atoms with E-state index in [0.717, 1.165) is 18.6 Å². The van der Waals surface area contributed by atoms with Gasteiger partial charge in [0.2, 0.25) is 0 Å². The van der Waals surface area contributed by atoms with Crippen molar-refractivity contribution in [3.8, 4) is 0 Å². The number of carboxylic acids is 1. The van der Waals surface area contributed by atoms with Crippen LogP contribution in [0.25, 0.3) is 0 Å². The Labute approximate surface area is 94.3 Å². The van der Waals surface area contributed by atoms with Crippen molar-refractivity contribution in [2.45, 2.75) is 19.4 Å². The SMILES string of the molecule is C=C(C(=O)O)C1=NCC2OCCC2/C1=C/C. The van der Waals surface area contributed by atoms with E-state index in [9.17, 15) is 4.79 Å².